The van der Waals surface area contributed by atoms with Crippen molar-refractivity contribution in [2.45, 2.75) is 26.3 Å². The van der Waals surface area contributed by atoms with E-state index in [0.29, 0.717) is 13.1 Å². The van der Waals surface area contributed by atoms with E-state index in [4.69, 9.17) is 10.5 Å². The molecule has 0 spiro atoms. The van der Waals surface area contributed by atoms with Gasteiger partial charge in [0.1, 0.15) is 5.75 Å². The molecule has 1 rings (SSSR count). The molecule has 0 heterocycles. The number of benzene rings is 1. The van der Waals surface area contributed by atoms with Crippen molar-refractivity contribution in [3.63, 3.8) is 0 Å². The summed E-state index contributed by atoms with van der Waals surface area (Å²) < 4.78 is 5.07. The Morgan fingerprint density at radius 2 is 1.95 bits per heavy atom. The van der Waals surface area contributed by atoms with Crippen LogP contribution in [0.2, 0.25) is 0 Å². The molecule has 106 valence electrons. The van der Waals surface area contributed by atoms with Crippen molar-refractivity contribution < 1.29 is 9.53 Å². The zero-order chi connectivity index (χ0) is 14.5. The highest BCUT2D eigenvalue weighted by molar-refractivity contribution is 5.89. The number of nitrogens with one attached hydrogen (secondary N) is 1. The van der Waals surface area contributed by atoms with Crippen LogP contribution in [0.5, 0.6) is 5.75 Å². The summed E-state index contributed by atoms with van der Waals surface area (Å²) in [6.07, 6.45) is 0. The number of nitrogens with two attached hydrogens (primary N) is 1. The second-order valence-electron chi connectivity index (χ2n) is 4.92. The van der Waals surface area contributed by atoms with Crippen LogP contribution in [0.15, 0.2) is 24.3 Å². The van der Waals surface area contributed by atoms with Crippen molar-refractivity contribution in [2.75, 3.05) is 25.5 Å². The number of rotatable bonds is 5. The van der Waals surface area contributed by atoms with Gasteiger partial charge in [-0.25, -0.2) is 4.79 Å². The average Bonchev–Trinajstić information content (AvgIpc) is 2.40. The van der Waals surface area contributed by atoms with Crippen LogP contribution in [0.1, 0.15) is 20.8 Å². The molecule has 5 nitrogen and oxygen atoms in total. The molecular formula is C14H23N3O2. The lowest BCUT2D eigenvalue weighted by molar-refractivity contribution is 0.155. The third-order valence-electron chi connectivity index (χ3n) is 3.13. The number of methoxy groups -OCH3 is 1. The smallest absolute Gasteiger partial charge is 0.322 e. The molecule has 0 bridgehead atoms. The molecule has 0 aliphatic heterocycles. The Kier molecular flexibility index (Phi) is 5.18. The second kappa shape index (κ2) is 6.43. The molecule has 0 radical (unpaired) electrons. The van der Waals surface area contributed by atoms with E-state index in [2.05, 4.69) is 5.32 Å². The maximum atomic E-state index is 12.2. The number of carbonyl (C=O) groups is 1. The first-order valence-corrected chi connectivity index (χ1v) is 6.37. The maximum absolute atomic E-state index is 12.2. The number of carbonyl (C=O) groups excluding carboxylic acids is 1. The standard InChI is InChI=1S/C14H23N3O2/c1-5-17(14(2,3)10-15)13(18)16-11-6-8-12(19-4)9-7-11/h6-9H,5,10,15H2,1-4H3,(H,16,18). The van der Waals surface area contributed by atoms with Crippen LogP contribution in [0.4, 0.5) is 10.5 Å². The summed E-state index contributed by atoms with van der Waals surface area (Å²) in [4.78, 5) is 14.0. The summed E-state index contributed by atoms with van der Waals surface area (Å²) in [7, 11) is 1.61. The van der Waals surface area contributed by atoms with Gasteiger partial charge in [0.05, 0.1) is 12.6 Å². The van der Waals surface area contributed by atoms with Gasteiger partial charge in [-0.3, -0.25) is 0 Å². The van der Waals surface area contributed by atoms with Gasteiger partial charge in [-0.2, -0.15) is 0 Å². The van der Waals surface area contributed by atoms with Crippen molar-refractivity contribution in [1.82, 2.24) is 4.90 Å². The monoisotopic (exact) mass is 265 g/mol. The van der Waals surface area contributed by atoms with Gasteiger partial charge in [-0.1, -0.05) is 0 Å². The molecule has 0 fully saturated rings. The van der Waals surface area contributed by atoms with E-state index in [-0.39, 0.29) is 11.6 Å². The quantitative estimate of drug-likeness (QED) is 0.858. The summed E-state index contributed by atoms with van der Waals surface area (Å²) in [6.45, 7) is 6.85. The fourth-order valence-corrected chi connectivity index (χ4v) is 1.82. The SMILES string of the molecule is CCN(C(=O)Nc1ccc(OC)cc1)C(C)(C)CN. The normalized spacial score (nSPS) is 11.0. The minimum absolute atomic E-state index is 0.150. The molecule has 0 atom stereocenters. The van der Waals surface area contributed by atoms with Gasteiger partial charge in [0.15, 0.2) is 0 Å². The molecule has 0 aromatic heterocycles. The number of likely N-dealkylation sites (N-methyl/N-ethyl adjacent to an activating group) is 1. The van der Waals surface area contributed by atoms with Crippen molar-refractivity contribution in [3.8, 4) is 5.75 Å². The maximum Gasteiger partial charge on any atom is 0.322 e. The molecule has 0 aliphatic carbocycles. The van der Waals surface area contributed by atoms with E-state index in [1.165, 1.54) is 0 Å². The van der Waals surface area contributed by atoms with Crippen molar-refractivity contribution in [1.29, 1.82) is 0 Å². The fraction of sp³-hybridized carbons (Fsp3) is 0.500. The summed E-state index contributed by atoms with van der Waals surface area (Å²) in [5.41, 5.74) is 6.08. The Balaban J connectivity index is 2.76. The minimum Gasteiger partial charge on any atom is -0.497 e. The zero-order valence-electron chi connectivity index (χ0n) is 12.1. The highest BCUT2D eigenvalue weighted by Crippen LogP contribution is 2.18. The lowest BCUT2D eigenvalue weighted by atomic mass is 10.0. The number of amides is 2. The number of hydrogen-bond acceptors (Lipinski definition) is 3. The first kappa shape index (κ1) is 15.3. The first-order chi connectivity index (χ1) is 8.94. The van der Waals surface area contributed by atoms with Crippen LogP contribution in [0, 0.1) is 0 Å². The molecule has 19 heavy (non-hydrogen) atoms. The van der Waals surface area contributed by atoms with Crippen LogP contribution in [0.3, 0.4) is 0 Å². The molecule has 2 amide bonds. The highest BCUT2D eigenvalue weighted by atomic mass is 16.5. The Labute approximate surface area is 114 Å². The van der Waals surface area contributed by atoms with E-state index in [1.807, 2.05) is 20.8 Å². The molecule has 1 aromatic rings. The predicted molar refractivity (Wildman–Crippen MR) is 77.5 cm³/mol. The Morgan fingerprint density at radius 1 is 1.37 bits per heavy atom. The van der Waals surface area contributed by atoms with E-state index >= 15 is 0 Å². The van der Waals surface area contributed by atoms with E-state index in [0.717, 1.165) is 11.4 Å². The molecule has 1 aromatic carbocycles. The number of nitrogens with zero attached hydrogens (tertiary/aromatic N) is 1. The van der Waals surface area contributed by atoms with Crippen LogP contribution in [0.25, 0.3) is 0 Å². The van der Waals surface area contributed by atoms with Crippen molar-refractivity contribution >= 4 is 11.7 Å². The average molecular weight is 265 g/mol. The molecule has 0 saturated carbocycles. The third kappa shape index (κ3) is 3.86. The van der Waals surface area contributed by atoms with Gasteiger partial charge in [-0.15, -0.1) is 0 Å². The zero-order valence-corrected chi connectivity index (χ0v) is 12.1. The predicted octanol–water partition coefficient (Wildman–Crippen LogP) is 2.29. The van der Waals surface area contributed by atoms with E-state index in [1.54, 1.807) is 36.3 Å². The fourth-order valence-electron chi connectivity index (χ4n) is 1.82. The van der Waals surface area contributed by atoms with Gasteiger partial charge in [0, 0.05) is 18.8 Å². The first-order valence-electron chi connectivity index (χ1n) is 6.37. The van der Waals surface area contributed by atoms with Gasteiger partial charge >= 0.3 is 6.03 Å². The third-order valence-corrected chi connectivity index (χ3v) is 3.13. The molecule has 3 N–H and O–H groups in total. The van der Waals surface area contributed by atoms with Crippen molar-refractivity contribution in [2.24, 2.45) is 5.73 Å². The van der Waals surface area contributed by atoms with Gasteiger partial charge in [0.2, 0.25) is 0 Å². The number of urea groups is 1. The molecule has 5 heteroatoms. The Bertz CT molecular complexity index is 415. The largest absolute Gasteiger partial charge is 0.497 e. The number of anilines is 1. The van der Waals surface area contributed by atoms with E-state index < -0.39 is 0 Å². The van der Waals surface area contributed by atoms with Gasteiger partial charge in [0.25, 0.3) is 0 Å². The number of ether oxygens (including phenoxy) is 1. The Hall–Kier alpha value is -1.75. The van der Waals surface area contributed by atoms with Crippen LogP contribution < -0.4 is 15.8 Å². The van der Waals surface area contributed by atoms with Gasteiger partial charge < -0.3 is 20.7 Å². The van der Waals surface area contributed by atoms with Gasteiger partial charge in [-0.05, 0) is 45.0 Å². The Morgan fingerprint density at radius 3 is 2.37 bits per heavy atom. The molecular weight excluding hydrogens is 242 g/mol. The lowest BCUT2D eigenvalue weighted by Crippen LogP contribution is -2.53. The second-order valence-corrected chi connectivity index (χ2v) is 4.92. The highest BCUT2D eigenvalue weighted by Gasteiger charge is 2.28. The van der Waals surface area contributed by atoms with Crippen LogP contribution in [-0.2, 0) is 0 Å². The molecule has 0 saturated heterocycles. The summed E-state index contributed by atoms with van der Waals surface area (Å²) in [6, 6.07) is 7.07. The van der Waals surface area contributed by atoms with Crippen LogP contribution in [-0.4, -0.2) is 36.7 Å². The lowest BCUT2D eigenvalue weighted by Gasteiger charge is -2.36. The number of hydrogen-bond donors (Lipinski definition) is 2. The topological polar surface area (TPSA) is 67.6 Å². The summed E-state index contributed by atoms with van der Waals surface area (Å²) in [5, 5.41) is 2.86. The molecule has 0 aliphatic rings. The van der Waals surface area contributed by atoms with Crippen LogP contribution >= 0.6 is 0 Å². The summed E-state index contributed by atoms with van der Waals surface area (Å²) in [5.74, 6) is 0.757. The minimum atomic E-state index is -0.370. The molecule has 0 unspecified atom stereocenters. The van der Waals surface area contributed by atoms with E-state index in [9.17, 15) is 4.79 Å². The van der Waals surface area contributed by atoms with Crippen molar-refractivity contribution in [3.05, 3.63) is 24.3 Å². The summed E-state index contributed by atoms with van der Waals surface area (Å²) >= 11 is 0.